The molecule has 0 bridgehead atoms. The molecule has 1 amide bonds. The van der Waals surface area contributed by atoms with Gasteiger partial charge < -0.3 is 5.32 Å². The first-order valence-corrected chi connectivity index (χ1v) is 9.07. The zero-order valence-electron chi connectivity index (χ0n) is 12.9. The minimum absolute atomic E-state index is 0.0703. The van der Waals surface area contributed by atoms with E-state index in [4.69, 9.17) is 0 Å². The van der Waals surface area contributed by atoms with Gasteiger partial charge in [0.15, 0.2) is 0 Å². The van der Waals surface area contributed by atoms with Crippen LogP contribution in [0.4, 0.5) is 0 Å². The predicted molar refractivity (Wildman–Crippen MR) is 90.9 cm³/mol. The molecule has 0 unspecified atom stereocenters. The van der Waals surface area contributed by atoms with Crippen molar-refractivity contribution in [2.45, 2.75) is 27.7 Å². The second-order valence-corrected chi connectivity index (χ2v) is 7.55. The lowest BCUT2D eigenvalue weighted by molar-refractivity contribution is 0.0933. The van der Waals surface area contributed by atoms with E-state index in [9.17, 15) is 4.79 Å². The van der Waals surface area contributed by atoms with Crippen molar-refractivity contribution in [3.8, 4) is 10.6 Å². The second kappa shape index (κ2) is 7.18. The van der Waals surface area contributed by atoms with E-state index in [1.807, 2.05) is 22.2 Å². The Morgan fingerprint density at radius 2 is 1.95 bits per heavy atom. The van der Waals surface area contributed by atoms with E-state index < -0.39 is 0 Å². The SMILES string of the molecule is CC(C)C(CNC(=O)c1csc(-c2ccsc2)n1)C(C)C. The molecule has 2 aromatic rings. The molecule has 0 saturated heterocycles. The molecule has 0 aromatic carbocycles. The lowest BCUT2D eigenvalue weighted by atomic mass is 9.85. The van der Waals surface area contributed by atoms with Gasteiger partial charge in [0.05, 0.1) is 0 Å². The van der Waals surface area contributed by atoms with Crippen molar-refractivity contribution in [2.24, 2.45) is 17.8 Å². The maximum Gasteiger partial charge on any atom is 0.270 e. The Morgan fingerprint density at radius 3 is 2.52 bits per heavy atom. The van der Waals surface area contributed by atoms with Crippen molar-refractivity contribution in [3.63, 3.8) is 0 Å². The van der Waals surface area contributed by atoms with E-state index in [0.717, 1.165) is 10.6 Å². The summed E-state index contributed by atoms with van der Waals surface area (Å²) in [6.45, 7) is 9.52. The molecule has 0 aliphatic rings. The van der Waals surface area contributed by atoms with Gasteiger partial charge in [0, 0.05) is 22.9 Å². The molecule has 5 heteroatoms. The number of aromatic nitrogens is 1. The van der Waals surface area contributed by atoms with Gasteiger partial charge in [-0.2, -0.15) is 11.3 Å². The van der Waals surface area contributed by atoms with Crippen LogP contribution in [0.1, 0.15) is 38.2 Å². The van der Waals surface area contributed by atoms with Crippen LogP contribution < -0.4 is 5.32 Å². The predicted octanol–water partition coefficient (Wildman–Crippen LogP) is 4.53. The molecular weight excluding hydrogens is 300 g/mol. The van der Waals surface area contributed by atoms with E-state index in [1.54, 1.807) is 11.3 Å². The Labute approximate surface area is 134 Å². The Morgan fingerprint density at radius 1 is 1.24 bits per heavy atom. The number of hydrogen-bond acceptors (Lipinski definition) is 4. The standard InChI is InChI=1S/C16H22N2OS2/c1-10(2)13(11(3)4)7-17-15(19)14-9-21-16(18-14)12-5-6-20-8-12/h5-6,8-11,13H,7H2,1-4H3,(H,17,19). The maximum atomic E-state index is 12.2. The first-order chi connectivity index (χ1) is 9.99. The van der Waals surface area contributed by atoms with E-state index in [2.05, 4.69) is 38.0 Å². The molecule has 3 nitrogen and oxygen atoms in total. The van der Waals surface area contributed by atoms with E-state index in [0.29, 0.717) is 30.0 Å². The van der Waals surface area contributed by atoms with Gasteiger partial charge >= 0.3 is 0 Å². The van der Waals surface area contributed by atoms with Crippen LogP contribution in [0.3, 0.4) is 0 Å². The first kappa shape index (κ1) is 16.2. The van der Waals surface area contributed by atoms with Gasteiger partial charge in [-0.05, 0) is 29.2 Å². The van der Waals surface area contributed by atoms with Crippen molar-refractivity contribution >= 4 is 28.6 Å². The number of amides is 1. The van der Waals surface area contributed by atoms with Gasteiger partial charge in [-0.25, -0.2) is 4.98 Å². The fraction of sp³-hybridized carbons (Fsp3) is 0.500. The summed E-state index contributed by atoms with van der Waals surface area (Å²) >= 11 is 3.16. The Hall–Kier alpha value is -1.20. The molecule has 0 saturated carbocycles. The third kappa shape index (κ3) is 4.14. The van der Waals surface area contributed by atoms with Gasteiger partial charge in [-0.3, -0.25) is 4.79 Å². The average molecular weight is 322 g/mol. The zero-order chi connectivity index (χ0) is 15.4. The lowest BCUT2D eigenvalue weighted by Gasteiger charge is -2.24. The molecule has 2 aromatic heterocycles. The van der Waals surface area contributed by atoms with Crippen molar-refractivity contribution in [1.29, 1.82) is 0 Å². The summed E-state index contributed by atoms with van der Waals surface area (Å²) in [5.74, 6) is 1.53. The highest BCUT2D eigenvalue weighted by atomic mass is 32.1. The summed E-state index contributed by atoms with van der Waals surface area (Å²) in [5, 5.41) is 9.84. The van der Waals surface area contributed by atoms with Crippen LogP contribution in [0.25, 0.3) is 10.6 Å². The summed E-state index contributed by atoms with van der Waals surface area (Å²) < 4.78 is 0. The van der Waals surface area contributed by atoms with Gasteiger partial charge in [0.1, 0.15) is 10.7 Å². The van der Waals surface area contributed by atoms with Crippen LogP contribution in [0.5, 0.6) is 0 Å². The molecule has 2 heterocycles. The van der Waals surface area contributed by atoms with Crippen LogP contribution in [0, 0.1) is 17.8 Å². The highest BCUT2D eigenvalue weighted by Crippen LogP contribution is 2.25. The Balaban J connectivity index is 1.98. The van der Waals surface area contributed by atoms with Crippen molar-refractivity contribution in [1.82, 2.24) is 10.3 Å². The Kier molecular flexibility index (Phi) is 5.53. The monoisotopic (exact) mass is 322 g/mol. The highest BCUT2D eigenvalue weighted by molar-refractivity contribution is 7.14. The van der Waals surface area contributed by atoms with Crippen molar-refractivity contribution < 1.29 is 4.79 Å². The molecule has 1 N–H and O–H groups in total. The van der Waals surface area contributed by atoms with Gasteiger partial charge in [-0.15, -0.1) is 11.3 Å². The molecule has 0 spiro atoms. The first-order valence-electron chi connectivity index (χ1n) is 7.25. The van der Waals surface area contributed by atoms with Crippen molar-refractivity contribution in [3.05, 3.63) is 27.9 Å². The number of carbonyl (C=O) groups is 1. The minimum atomic E-state index is -0.0703. The molecule has 0 atom stereocenters. The molecule has 0 aliphatic carbocycles. The molecule has 2 rings (SSSR count). The van der Waals surface area contributed by atoms with Gasteiger partial charge in [0.2, 0.25) is 0 Å². The number of thiazole rings is 1. The van der Waals surface area contributed by atoms with E-state index in [-0.39, 0.29) is 5.91 Å². The Bertz CT molecular complexity index is 565. The van der Waals surface area contributed by atoms with E-state index in [1.165, 1.54) is 11.3 Å². The number of carbonyl (C=O) groups excluding carboxylic acids is 1. The number of hydrogen-bond donors (Lipinski definition) is 1. The van der Waals surface area contributed by atoms with Gasteiger partial charge in [0.25, 0.3) is 5.91 Å². The number of nitrogens with one attached hydrogen (secondary N) is 1. The molecule has 0 radical (unpaired) electrons. The van der Waals surface area contributed by atoms with E-state index >= 15 is 0 Å². The lowest BCUT2D eigenvalue weighted by Crippen LogP contribution is -2.34. The quantitative estimate of drug-likeness (QED) is 0.849. The molecule has 0 fully saturated rings. The summed E-state index contributed by atoms with van der Waals surface area (Å²) in [6, 6.07) is 2.03. The largest absolute Gasteiger partial charge is 0.350 e. The van der Waals surface area contributed by atoms with Gasteiger partial charge in [-0.1, -0.05) is 27.7 Å². The fourth-order valence-corrected chi connectivity index (χ4v) is 3.95. The van der Waals surface area contributed by atoms with Crippen LogP contribution in [-0.4, -0.2) is 17.4 Å². The zero-order valence-corrected chi connectivity index (χ0v) is 14.6. The minimum Gasteiger partial charge on any atom is -0.350 e. The van der Waals surface area contributed by atoms with Crippen LogP contribution in [0.15, 0.2) is 22.2 Å². The number of rotatable bonds is 6. The summed E-state index contributed by atoms with van der Waals surface area (Å²) in [4.78, 5) is 16.6. The van der Waals surface area contributed by atoms with Crippen molar-refractivity contribution in [2.75, 3.05) is 6.54 Å². The highest BCUT2D eigenvalue weighted by Gasteiger charge is 2.19. The molecule has 21 heavy (non-hydrogen) atoms. The average Bonchev–Trinajstić information content (AvgIpc) is 3.08. The molecular formula is C16H22N2OS2. The molecule has 0 aliphatic heterocycles. The number of thiophene rings is 1. The normalized spacial score (nSPS) is 11.6. The summed E-state index contributed by atoms with van der Waals surface area (Å²) in [6.07, 6.45) is 0. The van der Waals surface area contributed by atoms with Crippen LogP contribution in [-0.2, 0) is 0 Å². The molecule has 114 valence electrons. The summed E-state index contributed by atoms with van der Waals surface area (Å²) in [5.41, 5.74) is 1.61. The van der Waals surface area contributed by atoms with Crippen LogP contribution >= 0.6 is 22.7 Å². The third-order valence-corrected chi connectivity index (χ3v) is 5.29. The third-order valence-electron chi connectivity index (χ3n) is 3.72. The number of nitrogens with zero attached hydrogens (tertiary/aromatic N) is 1. The smallest absolute Gasteiger partial charge is 0.270 e. The van der Waals surface area contributed by atoms with Crippen LogP contribution in [0.2, 0.25) is 0 Å². The second-order valence-electron chi connectivity index (χ2n) is 5.91. The fourth-order valence-electron chi connectivity index (χ4n) is 2.44. The topological polar surface area (TPSA) is 42.0 Å². The summed E-state index contributed by atoms with van der Waals surface area (Å²) in [7, 11) is 0. The maximum absolute atomic E-state index is 12.2.